The third-order valence-electron chi connectivity index (χ3n) is 5.20. The largest absolute Gasteiger partial charge is 0.439 e. The van der Waals surface area contributed by atoms with Gasteiger partial charge in [-0.3, -0.25) is 9.59 Å². The van der Waals surface area contributed by atoms with Crippen LogP contribution in [-0.4, -0.2) is 47.9 Å². The van der Waals surface area contributed by atoms with Crippen molar-refractivity contribution in [3.05, 3.63) is 83.6 Å². The van der Waals surface area contributed by atoms with E-state index in [2.05, 4.69) is 15.6 Å². The second-order valence-electron chi connectivity index (χ2n) is 7.58. The summed E-state index contributed by atoms with van der Waals surface area (Å²) in [6, 6.07) is 13.8. The van der Waals surface area contributed by atoms with Crippen molar-refractivity contribution in [1.82, 2.24) is 15.2 Å². The Kier molecular flexibility index (Phi) is 6.78. The summed E-state index contributed by atoms with van der Waals surface area (Å²) in [6.07, 6.45) is -3.09. The molecule has 4 rings (SSSR count). The Morgan fingerprint density at radius 1 is 0.912 bits per heavy atom. The number of ether oxygens (including phenoxy) is 1. The number of aromatic nitrogens is 1. The summed E-state index contributed by atoms with van der Waals surface area (Å²) in [4.78, 5) is 30.7. The Morgan fingerprint density at radius 2 is 1.56 bits per heavy atom. The van der Waals surface area contributed by atoms with Crippen molar-refractivity contribution in [2.75, 3.05) is 31.5 Å². The van der Waals surface area contributed by atoms with Gasteiger partial charge in [0.15, 0.2) is 0 Å². The molecule has 0 spiro atoms. The van der Waals surface area contributed by atoms with Crippen molar-refractivity contribution < 1.29 is 27.5 Å². The number of anilines is 1. The van der Waals surface area contributed by atoms with Crippen LogP contribution >= 0.6 is 0 Å². The van der Waals surface area contributed by atoms with Crippen LogP contribution in [0.1, 0.15) is 26.3 Å². The van der Waals surface area contributed by atoms with E-state index in [0.717, 1.165) is 37.4 Å². The fraction of sp³-hybridized carbons (Fsp3) is 0.208. The Hall–Kier alpha value is -3.92. The van der Waals surface area contributed by atoms with Gasteiger partial charge in [0.1, 0.15) is 5.75 Å². The fourth-order valence-electron chi connectivity index (χ4n) is 3.37. The molecule has 176 valence electrons. The van der Waals surface area contributed by atoms with Crippen molar-refractivity contribution in [3.63, 3.8) is 0 Å². The summed E-state index contributed by atoms with van der Waals surface area (Å²) in [5.41, 5.74) is 0.190. The molecule has 3 aromatic rings. The van der Waals surface area contributed by atoms with Crippen LogP contribution in [-0.2, 0) is 6.18 Å². The van der Waals surface area contributed by atoms with E-state index in [1.54, 1.807) is 41.3 Å². The number of amides is 2. The highest BCUT2D eigenvalue weighted by molar-refractivity contribution is 6.04. The van der Waals surface area contributed by atoms with E-state index in [-0.39, 0.29) is 17.4 Å². The normalized spacial score (nSPS) is 13.9. The number of halogens is 3. The van der Waals surface area contributed by atoms with Gasteiger partial charge in [-0.05, 0) is 54.6 Å². The minimum atomic E-state index is -4.46. The van der Waals surface area contributed by atoms with Gasteiger partial charge in [-0.2, -0.15) is 13.2 Å². The Balaban J connectivity index is 1.33. The average molecular weight is 470 g/mol. The minimum Gasteiger partial charge on any atom is -0.439 e. The summed E-state index contributed by atoms with van der Waals surface area (Å²) in [5, 5.41) is 5.78. The molecule has 1 saturated heterocycles. The number of rotatable bonds is 5. The Labute approximate surface area is 193 Å². The highest BCUT2D eigenvalue weighted by Crippen LogP contribution is 2.29. The molecule has 2 heterocycles. The van der Waals surface area contributed by atoms with Gasteiger partial charge in [0.05, 0.1) is 17.4 Å². The number of benzene rings is 2. The Morgan fingerprint density at radius 3 is 2.15 bits per heavy atom. The number of carbonyl (C=O) groups is 2. The highest BCUT2D eigenvalue weighted by Gasteiger charge is 2.30. The maximum Gasteiger partial charge on any atom is 0.416 e. The first-order chi connectivity index (χ1) is 16.3. The summed E-state index contributed by atoms with van der Waals surface area (Å²) in [5.74, 6) is 0.174. The number of pyridine rings is 1. The zero-order valence-corrected chi connectivity index (χ0v) is 17.9. The van der Waals surface area contributed by atoms with Crippen LogP contribution in [0.15, 0.2) is 66.9 Å². The first-order valence-corrected chi connectivity index (χ1v) is 10.5. The summed E-state index contributed by atoms with van der Waals surface area (Å²) < 4.78 is 43.6. The third kappa shape index (κ3) is 5.70. The number of piperazine rings is 1. The zero-order valence-electron chi connectivity index (χ0n) is 17.9. The van der Waals surface area contributed by atoms with Gasteiger partial charge in [-0.25, -0.2) is 4.98 Å². The van der Waals surface area contributed by atoms with Crippen molar-refractivity contribution in [1.29, 1.82) is 0 Å². The van der Waals surface area contributed by atoms with Crippen LogP contribution in [0, 0.1) is 0 Å². The molecule has 10 heteroatoms. The van der Waals surface area contributed by atoms with Crippen molar-refractivity contribution in [2.45, 2.75) is 6.18 Å². The van der Waals surface area contributed by atoms with Crippen molar-refractivity contribution in [3.8, 4) is 11.6 Å². The predicted molar refractivity (Wildman–Crippen MR) is 119 cm³/mol. The van der Waals surface area contributed by atoms with Gasteiger partial charge >= 0.3 is 6.18 Å². The molecule has 1 aromatic heterocycles. The van der Waals surface area contributed by atoms with Gasteiger partial charge < -0.3 is 20.3 Å². The van der Waals surface area contributed by atoms with Crippen molar-refractivity contribution >= 4 is 17.5 Å². The zero-order chi connectivity index (χ0) is 24.1. The van der Waals surface area contributed by atoms with Crippen LogP contribution in [0.3, 0.4) is 0 Å². The maximum atomic E-state index is 12.7. The summed E-state index contributed by atoms with van der Waals surface area (Å²) in [7, 11) is 0. The molecule has 0 aliphatic carbocycles. The summed E-state index contributed by atoms with van der Waals surface area (Å²) >= 11 is 0. The average Bonchev–Trinajstić information content (AvgIpc) is 2.85. The van der Waals surface area contributed by atoms with Gasteiger partial charge in [0, 0.05) is 43.4 Å². The lowest BCUT2D eigenvalue weighted by Gasteiger charge is -2.27. The molecule has 1 fully saturated rings. The maximum absolute atomic E-state index is 12.7. The van der Waals surface area contributed by atoms with Gasteiger partial charge in [0.2, 0.25) is 5.88 Å². The second-order valence-corrected chi connectivity index (χ2v) is 7.58. The fourth-order valence-corrected chi connectivity index (χ4v) is 3.37. The van der Waals surface area contributed by atoms with Gasteiger partial charge in [-0.1, -0.05) is 0 Å². The molecule has 34 heavy (non-hydrogen) atoms. The number of alkyl halides is 3. The first kappa shape index (κ1) is 23.2. The molecule has 7 nitrogen and oxygen atoms in total. The lowest BCUT2D eigenvalue weighted by Crippen LogP contribution is -2.46. The molecule has 0 unspecified atom stereocenters. The van der Waals surface area contributed by atoms with E-state index >= 15 is 0 Å². The molecular formula is C24H21F3N4O3. The van der Waals surface area contributed by atoms with Crippen LogP contribution in [0.25, 0.3) is 0 Å². The molecule has 0 atom stereocenters. The minimum absolute atomic E-state index is 0.0284. The van der Waals surface area contributed by atoms with E-state index < -0.39 is 17.6 Å². The Bertz CT molecular complexity index is 1140. The van der Waals surface area contributed by atoms with Crippen LogP contribution in [0.5, 0.6) is 11.6 Å². The number of hydrogen-bond acceptors (Lipinski definition) is 5. The third-order valence-corrected chi connectivity index (χ3v) is 5.20. The number of nitrogens with one attached hydrogen (secondary N) is 2. The highest BCUT2D eigenvalue weighted by atomic mass is 19.4. The molecule has 0 saturated carbocycles. The van der Waals surface area contributed by atoms with E-state index in [4.69, 9.17) is 4.74 Å². The van der Waals surface area contributed by atoms with Crippen LogP contribution in [0.4, 0.5) is 18.9 Å². The first-order valence-electron chi connectivity index (χ1n) is 10.5. The number of carbonyl (C=O) groups excluding carboxylic acids is 2. The summed E-state index contributed by atoms with van der Waals surface area (Å²) in [6.45, 7) is 2.89. The lowest BCUT2D eigenvalue weighted by atomic mass is 10.1. The molecule has 2 aromatic carbocycles. The lowest BCUT2D eigenvalue weighted by molar-refractivity contribution is -0.137. The van der Waals surface area contributed by atoms with E-state index in [1.165, 1.54) is 6.20 Å². The SMILES string of the molecule is O=C(Nc1ccc(Oc2ccc(C(=O)N3CCNCC3)cc2)nc1)c1ccc(C(F)(F)F)cc1. The second kappa shape index (κ2) is 9.92. The molecule has 2 N–H and O–H groups in total. The van der Waals surface area contributed by atoms with E-state index in [9.17, 15) is 22.8 Å². The van der Waals surface area contributed by atoms with Crippen LogP contribution in [0.2, 0.25) is 0 Å². The molecule has 0 radical (unpaired) electrons. The predicted octanol–water partition coefficient (Wildman–Crippen LogP) is 4.19. The van der Waals surface area contributed by atoms with E-state index in [0.29, 0.717) is 30.1 Å². The number of hydrogen-bond donors (Lipinski definition) is 2. The van der Waals surface area contributed by atoms with Gasteiger partial charge in [0.25, 0.3) is 11.8 Å². The quantitative estimate of drug-likeness (QED) is 0.584. The monoisotopic (exact) mass is 470 g/mol. The van der Waals surface area contributed by atoms with Crippen molar-refractivity contribution in [2.24, 2.45) is 0 Å². The molecular weight excluding hydrogens is 449 g/mol. The standard InChI is InChI=1S/C24H21F3N4O3/c25-24(26,27)18-5-1-16(2-6-18)22(32)30-19-7-10-21(29-15-19)34-20-8-3-17(4-9-20)23(33)31-13-11-28-12-14-31/h1-10,15,28H,11-14H2,(H,30,32). The van der Waals surface area contributed by atoms with Crippen LogP contribution < -0.4 is 15.4 Å². The van der Waals surface area contributed by atoms with Gasteiger partial charge in [-0.15, -0.1) is 0 Å². The van der Waals surface area contributed by atoms with E-state index in [1.807, 2.05) is 0 Å². The smallest absolute Gasteiger partial charge is 0.416 e. The molecule has 0 bridgehead atoms. The molecule has 1 aliphatic heterocycles. The molecule has 2 amide bonds. The molecule has 1 aliphatic rings. The number of nitrogens with zero attached hydrogens (tertiary/aromatic N) is 2. The topological polar surface area (TPSA) is 83.6 Å².